The maximum atomic E-state index is 6.38. The molecule has 0 fully saturated rings. The number of nitrogens with zero attached hydrogens (tertiary/aromatic N) is 4. The van der Waals surface area contributed by atoms with Crippen LogP contribution in [0.25, 0.3) is 39.4 Å². The minimum atomic E-state index is 0.644. The van der Waals surface area contributed by atoms with Gasteiger partial charge in [-0.15, -0.1) is 10.2 Å². The van der Waals surface area contributed by atoms with Crippen LogP contribution in [0.15, 0.2) is 73.1 Å². The molecule has 5 aromatic rings. The molecule has 1 N–H and O–H groups in total. The Bertz CT molecular complexity index is 1300. The third-order valence-electron chi connectivity index (χ3n) is 4.76. The highest BCUT2D eigenvalue weighted by atomic mass is 35.5. The Morgan fingerprint density at radius 3 is 2.64 bits per heavy atom. The van der Waals surface area contributed by atoms with Gasteiger partial charge in [-0.2, -0.15) is 5.10 Å². The van der Waals surface area contributed by atoms with E-state index in [4.69, 9.17) is 11.6 Å². The Morgan fingerprint density at radius 1 is 0.893 bits per heavy atom. The van der Waals surface area contributed by atoms with Crippen molar-refractivity contribution >= 4 is 17.2 Å². The standard InChI is InChI=1S/C22H16ClN5/c1-14-5-4-6-15(11-14)21-18(12-24-26-21)16-9-10-20-25-27-22(28(20)13-16)17-7-2-3-8-19(17)23/h2-13H,1H3,(H,24,26). The molecule has 0 aliphatic heterocycles. The van der Waals surface area contributed by atoms with Crippen molar-refractivity contribution in [1.82, 2.24) is 24.8 Å². The number of aryl methyl sites for hydroxylation is 1. The molecular formula is C22H16ClN5. The fourth-order valence-electron chi connectivity index (χ4n) is 3.40. The van der Waals surface area contributed by atoms with Crippen molar-refractivity contribution in [3.8, 4) is 33.8 Å². The lowest BCUT2D eigenvalue weighted by molar-refractivity contribution is 1.09. The lowest BCUT2D eigenvalue weighted by Gasteiger charge is -2.07. The smallest absolute Gasteiger partial charge is 0.169 e. The van der Waals surface area contributed by atoms with Crippen molar-refractivity contribution < 1.29 is 0 Å². The zero-order valence-corrected chi connectivity index (χ0v) is 15.9. The summed E-state index contributed by atoms with van der Waals surface area (Å²) in [6.07, 6.45) is 3.94. The maximum absolute atomic E-state index is 6.38. The van der Waals surface area contributed by atoms with Crippen molar-refractivity contribution in [3.63, 3.8) is 0 Å². The van der Waals surface area contributed by atoms with E-state index in [0.717, 1.165) is 33.6 Å². The Labute approximate surface area is 166 Å². The Kier molecular flexibility index (Phi) is 3.95. The van der Waals surface area contributed by atoms with Crippen LogP contribution in [0.2, 0.25) is 5.02 Å². The number of fused-ring (bicyclic) bond motifs is 1. The summed E-state index contributed by atoms with van der Waals surface area (Å²) < 4.78 is 1.96. The number of halogens is 1. The Morgan fingerprint density at radius 2 is 1.79 bits per heavy atom. The summed E-state index contributed by atoms with van der Waals surface area (Å²) >= 11 is 6.38. The van der Waals surface area contributed by atoms with Gasteiger partial charge in [-0.1, -0.05) is 47.5 Å². The van der Waals surface area contributed by atoms with Gasteiger partial charge in [0, 0.05) is 34.6 Å². The number of aromatic amines is 1. The molecule has 3 heterocycles. The van der Waals surface area contributed by atoms with Gasteiger partial charge in [-0.3, -0.25) is 9.50 Å². The maximum Gasteiger partial charge on any atom is 0.169 e. The third-order valence-corrected chi connectivity index (χ3v) is 5.09. The van der Waals surface area contributed by atoms with E-state index in [2.05, 4.69) is 45.5 Å². The van der Waals surface area contributed by atoms with Gasteiger partial charge in [0.05, 0.1) is 10.7 Å². The number of pyridine rings is 1. The topological polar surface area (TPSA) is 58.9 Å². The van der Waals surface area contributed by atoms with E-state index in [0.29, 0.717) is 10.8 Å². The zero-order valence-electron chi connectivity index (χ0n) is 15.1. The minimum Gasteiger partial charge on any atom is -0.284 e. The van der Waals surface area contributed by atoms with E-state index >= 15 is 0 Å². The first-order chi connectivity index (χ1) is 13.7. The fraction of sp³-hybridized carbons (Fsp3) is 0.0455. The average Bonchev–Trinajstić information content (AvgIpc) is 3.35. The number of hydrogen-bond donors (Lipinski definition) is 1. The van der Waals surface area contributed by atoms with Crippen molar-refractivity contribution in [2.45, 2.75) is 6.92 Å². The van der Waals surface area contributed by atoms with E-state index in [1.807, 2.05) is 59.3 Å². The predicted octanol–water partition coefficient (Wildman–Crippen LogP) is 5.42. The molecule has 5 rings (SSSR count). The van der Waals surface area contributed by atoms with Crippen LogP contribution in [-0.2, 0) is 0 Å². The summed E-state index contributed by atoms with van der Waals surface area (Å²) in [6.45, 7) is 2.08. The second-order valence-corrected chi connectivity index (χ2v) is 7.07. The van der Waals surface area contributed by atoms with Crippen molar-refractivity contribution in [2.24, 2.45) is 0 Å². The van der Waals surface area contributed by atoms with Crippen molar-refractivity contribution in [2.75, 3.05) is 0 Å². The molecule has 3 aromatic heterocycles. The van der Waals surface area contributed by atoms with E-state index < -0.39 is 0 Å². The highest BCUT2D eigenvalue weighted by Crippen LogP contribution is 2.32. The van der Waals surface area contributed by atoms with Crippen LogP contribution in [-0.4, -0.2) is 24.8 Å². The van der Waals surface area contributed by atoms with Gasteiger partial charge >= 0.3 is 0 Å². The molecule has 6 heteroatoms. The van der Waals surface area contributed by atoms with Crippen LogP contribution in [0.3, 0.4) is 0 Å². The molecule has 28 heavy (non-hydrogen) atoms. The summed E-state index contributed by atoms with van der Waals surface area (Å²) in [4.78, 5) is 0. The molecule has 136 valence electrons. The number of rotatable bonds is 3. The molecule has 2 aromatic carbocycles. The zero-order chi connectivity index (χ0) is 19.1. The molecule has 0 saturated heterocycles. The first-order valence-corrected chi connectivity index (χ1v) is 9.29. The van der Waals surface area contributed by atoms with Crippen LogP contribution >= 0.6 is 11.6 Å². The third kappa shape index (κ3) is 2.77. The molecule has 0 radical (unpaired) electrons. The predicted molar refractivity (Wildman–Crippen MR) is 111 cm³/mol. The normalized spacial score (nSPS) is 11.2. The quantitative estimate of drug-likeness (QED) is 0.451. The van der Waals surface area contributed by atoms with Gasteiger partial charge in [-0.25, -0.2) is 0 Å². The second kappa shape index (κ2) is 6.62. The van der Waals surface area contributed by atoms with E-state index in [1.54, 1.807) is 0 Å². The lowest BCUT2D eigenvalue weighted by atomic mass is 10.0. The number of nitrogens with one attached hydrogen (secondary N) is 1. The van der Waals surface area contributed by atoms with Gasteiger partial charge in [0.15, 0.2) is 11.5 Å². The highest BCUT2D eigenvalue weighted by Gasteiger charge is 2.15. The summed E-state index contributed by atoms with van der Waals surface area (Å²) in [7, 11) is 0. The lowest BCUT2D eigenvalue weighted by Crippen LogP contribution is -1.92. The molecule has 0 aliphatic carbocycles. The average molecular weight is 386 g/mol. The summed E-state index contributed by atoms with van der Waals surface area (Å²) in [5, 5.41) is 16.8. The molecule has 0 unspecified atom stereocenters. The molecule has 0 spiro atoms. The molecule has 5 nitrogen and oxygen atoms in total. The van der Waals surface area contributed by atoms with Crippen molar-refractivity contribution in [1.29, 1.82) is 0 Å². The van der Waals surface area contributed by atoms with Crippen LogP contribution in [0.4, 0.5) is 0 Å². The summed E-state index contributed by atoms with van der Waals surface area (Å²) in [5.74, 6) is 0.711. The van der Waals surface area contributed by atoms with Gasteiger partial charge in [-0.05, 0) is 37.3 Å². The largest absolute Gasteiger partial charge is 0.284 e. The minimum absolute atomic E-state index is 0.644. The molecule has 0 atom stereocenters. The fourth-order valence-corrected chi connectivity index (χ4v) is 3.62. The SMILES string of the molecule is Cc1cccc(-c2n[nH]cc2-c2ccc3nnc(-c4ccccc4Cl)n3c2)c1. The first-order valence-electron chi connectivity index (χ1n) is 8.91. The van der Waals surface area contributed by atoms with Gasteiger partial charge < -0.3 is 0 Å². The first kappa shape index (κ1) is 16.7. The summed E-state index contributed by atoms with van der Waals surface area (Å²) in [6, 6.07) is 20.0. The van der Waals surface area contributed by atoms with Crippen LogP contribution in [0.5, 0.6) is 0 Å². The van der Waals surface area contributed by atoms with E-state index in [-0.39, 0.29) is 0 Å². The van der Waals surface area contributed by atoms with Crippen molar-refractivity contribution in [3.05, 3.63) is 83.6 Å². The number of aromatic nitrogens is 5. The Balaban J connectivity index is 1.67. The number of hydrogen-bond acceptors (Lipinski definition) is 3. The molecule has 0 aliphatic rings. The molecular weight excluding hydrogens is 370 g/mol. The number of benzene rings is 2. The monoisotopic (exact) mass is 385 g/mol. The van der Waals surface area contributed by atoms with E-state index in [1.165, 1.54) is 5.56 Å². The van der Waals surface area contributed by atoms with Crippen LogP contribution < -0.4 is 0 Å². The van der Waals surface area contributed by atoms with Crippen LogP contribution in [0.1, 0.15) is 5.56 Å². The highest BCUT2D eigenvalue weighted by molar-refractivity contribution is 6.33. The molecule has 0 saturated carbocycles. The van der Waals surface area contributed by atoms with E-state index in [9.17, 15) is 0 Å². The molecule has 0 bridgehead atoms. The Hall–Kier alpha value is -3.44. The molecule has 0 amide bonds. The second-order valence-electron chi connectivity index (χ2n) is 6.67. The van der Waals surface area contributed by atoms with Crippen LogP contribution in [0, 0.1) is 6.92 Å². The van der Waals surface area contributed by atoms with Gasteiger partial charge in [0.2, 0.25) is 0 Å². The van der Waals surface area contributed by atoms with Gasteiger partial charge in [0.25, 0.3) is 0 Å². The van der Waals surface area contributed by atoms with Gasteiger partial charge in [0.1, 0.15) is 0 Å². The summed E-state index contributed by atoms with van der Waals surface area (Å²) in [5.41, 5.74) is 6.83. The number of H-pyrrole nitrogens is 1.